The molecule has 5 N–H and O–H groups in total. The summed E-state index contributed by atoms with van der Waals surface area (Å²) in [7, 11) is -5.08. The molecule has 0 aliphatic heterocycles. The molecular formula is C30H29N2O9P-2. The Hall–Kier alpha value is -4.83. The van der Waals surface area contributed by atoms with Crippen LogP contribution in [-0.4, -0.2) is 40.0 Å². The number of anilines is 2. The van der Waals surface area contributed by atoms with Crippen molar-refractivity contribution >= 4 is 31.8 Å². The zero-order valence-electron chi connectivity index (χ0n) is 22.2. The summed E-state index contributed by atoms with van der Waals surface area (Å²) in [4.78, 5) is 43.3. The minimum Gasteiger partial charge on any atom is -0.780 e. The van der Waals surface area contributed by atoms with E-state index in [0.717, 1.165) is 29.4 Å². The maximum atomic E-state index is 11.2. The lowest BCUT2D eigenvalue weighted by atomic mass is 10.1. The Balaban J connectivity index is 0.000000235. The van der Waals surface area contributed by atoms with E-state index in [2.05, 4.69) is 15.2 Å². The number of carbonyl (C=O) groups is 2. The molecule has 4 aromatic rings. The van der Waals surface area contributed by atoms with Gasteiger partial charge in [0.1, 0.15) is 43.4 Å². The molecular weight excluding hydrogens is 563 g/mol. The Bertz CT molecular complexity index is 1410. The molecule has 0 fully saturated rings. The molecule has 0 radical (unpaired) electrons. The molecule has 12 heteroatoms. The zero-order chi connectivity index (χ0) is 30.5. The zero-order valence-corrected chi connectivity index (χ0v) is 23.1. The quantitative estimate of drug-likeness (QED) is 0.0922. The molecule has 11 nitrogen and oxygen atoms in total. The van der Waals surface area contributed by atoms with Gasteiger partial charge >= 0.3 is 0 Å². The van der Waals surface area contributed by atoms with Crippen molar-refractivity contribution in [3.05, 3.63) is 108 Å². The largest absolute Gasteiger partial charge is 0.780 e. The second-order valence-electron chi connectivity index (χ2n) is 9.12. The summed E-state index contributed by atoms with van der Waals surface area (Å²) in [5.41, 5.74) is 3.17. The van der Waals surface area contributed by atoms with Crippen molar-refractivity contribution in [2.24, 2.45) is 0 Å². The van der Waals surface area contributed by atoms with Gasteiger partial charge in [0.15, 0.2) is 0 Å². The van der Waals surface area contributed by atoms with E-state index in [-0.39, 0.29) is 29.0 Å². The molecule has 0 aliphatic rings. The van der Waals surface area contributed by atoms with Crippen molar-refractivity contribution in [3.8, 4) is 23.0 Å². The number of benzene rings is 4. The summed E-state index contributed by atoms with van der Waals surface area (Å²) in [5, 5.41) is 33.7. The lowest BCUT2D eigenvalue weighted by Crippen LogP contribution is -2.23. The lowest BCUT2D eigenvalue weighted by molar-refractivity contribution is -0.333. The summed E-state index contributed by atoms with van der Waals surface area (Å²) in [6.45, 7) is 0. The first-order valence-corrected chi connectivity index (χ1v) is 14.1. The molecule has 220 valence electrons. The molecule has 0 saturated carbocycles. The third kappa shape index (κ3) is 11.3. The van der Waals surface area contributed by atoms with Crippen molar-refractivity contribution in [1.82, 2.24) is 0 Å². The maximum absolute atomic E-state index is 11.2. The number of phosphoric ester groups is 1. The van der Waals surface area contributed by atoms with Crippen molar-refractivity contribution < 1.29 is 43.8 Å². The first-order valence-electron chi connectivity index (χ1n) is 12.6. The van der Waals surface area contributed by atoms with Crippen LogP contribution in [-0.2, 0) is 27.0 Å². The van der Waals surface area contributed by atoms with Crippen LogP contribution in [0.5, 0.6) is 23.0 Å². The standard InChI is InChI=1S/C15H16NO6P.C15H15NO3/c17-10-13(9-11-1-5-14(18)6-2-11)16-12-3-7-15(8-4-12)22-23(19,20)21;17-10-13(9-11-1-5-14(18)6-2-11)16-12-3-7-15(19)8-4-12/h1-8,10,13,16,18H,9H2,(H2,19,20,21);1-8,10,13,16,18-19H,9H2/p-2/t2*13-/m00/s1. The second-order valence-corrected chi connectivity index (χ2v) is 10.2. The van der Waals surface area contributed by atoms with Crippen LogP contribution in [0.4, 0.5) is 11.4 Å². The minimum atomic E-state index is -5.08. The Morgan fingerprint density at radius 1 is 0.619 bits per heavy atom. The SMILES string of the molecule is O=C[C@H](Cc1ccc(O)cc1)Nc1ccc(O)cc1.O=C[C@H](Cc1ccc(O)cc1)Nc1ccc(OP(=O)([O-])[O-])cc1. The first-order chi connectivity index (χ1) is 20.0. The van der Waals surface area contributed by atoms with Gasteiger partial charge in [-0.2, -0.15) is 0 Å². The number of phosphoric acid groups is 1. The number of nitrogens with one attached hydrogen (secondary N) is 2. The van der Waals surface area contributed by atoms with Crippen LogP contribution in [0.15, 0.2) is 97.1 Å². The Morgan fingerprint density at radius 3 is 1.29 bits per heavy atom. The molecule has 0 unspecified atom stereocenters. The molecule has 0 aliphatic carbocycles. The van der Waals surface area contributed by atoms with E-state index in [4.69, 9.17) is 0 Å². The number of phenolic OH excluding ortho intramolecular Hbond substituents is 3. The average Bonchev–Trinajstić information content (AvgIpc) is 2.96. The highest BCUT2D eigenvalue weighted by molar-refractivity contribution is 7.43. The topological polar surface area (TPSA) is 191 Å². The fourth-order valence-electron chi connectivity index (χ4n) is 3.77. The Kier molecular flexibility index (Phi) is 11.5. The van der Waals surface area contributed by atoms with Crippen molar-refractivity contribution in [3.63, 3.8) is 0 Å². The van der Waals surface area contributed by atoms with Gasteiger partial charge in [-0.25, -0.2) is 0 Å². The predicted molar refractivity (Wildman–Crippen MR) is 153 cm³/mol. The van der Waals surface area contributed by atoms with Crippen molar-refractivity contribution in [2.75, 3.05) is 10.6 Å². The number of hydrogen-bond donors (Lipinski definition) is 5. The van der Waals surface area contributed by atoms with Crippen LogP contribution in [0.25, 0.3) is 0 Å². The third-order valence-corrected chi connectivity index (χ3v) is 6.19. The molecule has 0 amide bonds. The normalized spacial score (nSPS) is 12.1. The van der Waals surface area contributed by atoms with Crippen LogP contribution in [0.1, 0.15) is 11.1 Å². The molecule has 2 atom stereocenters. The highest BCUT2D eigenvalue weighted by Gasteiger charge is 2.10. The summed E-state index contributed by atoms with van der Waals surface area (Å²) < 4.78 is 14.7. The fraction of sp³-hybridized carbons (Fsp3) is 0.133. The van der Waals surface area contributed by atoms with E-state index in [1.807, 2.05) is 0 Å². The fourth-order valence-corrected chi connectivity index (χ4v) is 4.15. The van der Waals surface area contributed by atoms with E-state index >= 15 is 0 Å². The predicted octanol–water partition coefficient (Wildman–Crippen LogP) is 3.14. The summed E-state index contributed by atoms with van der Waals surface area (Å²) in [6.07, 6.45) is 2.55. The van der Waals surface area contributed by atoms with Gasteiger partial charge in [0, 0.05) is 11.4 Å². The molecule has 0 bridgehead atoms. The highest BCUT2D eigenvalue weighted by atomic mass is 31.2. The maximum Gasteiger partial charge on any atom is 0.142 e. The molecule has 0 saturated heterocycles. The number of aromatic hydroxyl groups is 3. The number of carbonyl (C=O) groups excluding carboxylic acids is 2. The number of rotatable bonds is 12. The molecule has 4 rings (SSSR count). The number of hydrogen-bond acceptors (Lipinski definition) is 11. The van der Waals surface area contributed by atoms with E-state index in [1.165, 1.54) is 36.4 Å². The van der Waals surface area contributed by atoms with Crippen LogP contribution < -0.4 is 24.9 Å². The van der Waals surface area contributed by atoms with Gasteiger partial charge in [-0.15, -0.1) is 0 Å². The Labute approximate surface area is 242 Å². The second kappa shape index (κ2) is 15.2. The molecule has 4 aromatic carbocycles. The first kappa shape index (κ1) is 31.7. The van der Waals surface area contributed by atoms with Gasteiger partial charge in [-0.1, -0.05) is 24.3 Å². The lowest BCUT2D eigenvalue weighted by Gasteiger charge is -2.29. The van der Waals surface area contributed by atoms with Gasteiger partial charge in [0.2, 0.25) is 0 Å². The van der Waals surface area contributed by atoms with E-state index in [1.54, 1.807) is 60.7 Å². The van der Waals surface area contributed by atoms with E-state index in [9.17, 15) is 39.3 Å². The van der Waals surface area contributed by atoms with Crippen LogP contribution in [0, 0.1) is 0 Å². The van der Waals surface area contributed by atoms with Gasteiger partial charge < -0.3 is 54.4 Å². The third-order valence-electron chi connectivity index (χ3n) is 5.76. The van der Waals surface area contributed by atoms with Gasteiger partial charge in [-0.05, 0) is 96.8 Å². The average molecular weight is 593 g/mol. The Morgan fingerprint density at radius 2 is 0.952 bits per heavy atom. The van der Waals surface area contributed by atoms with Crippen molar-refractivity contribution in [2.45, 2.75) is 24.9 Å². The van der Waals surface area contributed by atoms with Gasteiger partial charge in [0.05, 0.1) is 12.1 Å². The van der Waals surface area contributed by atoms with Crippen molar-refractivity contribution in [1.29, 1.82) is 0 Å². The van der Waals surface area contributed by atoms with E-state index < -0.39 is 13.9 Å². The smallest absolute Gasteiger partial charge is 0.142 e. The number of aldehydes is 2. The minimum absolute atomic E-state index is 0.0925. The van der Waals surface area contributed by atoms with Gasteiger partial charge in [-0.3, -0.25) is 0 Å². The van der Waals surface area contributed by atoms with Crippen LogP contribution >= 0.6 is 7.82 Å². The monoisotopic (exact) mass is 592 g/mol. The molecule has 0 spiro atoms. The van der Waals surface area contributed by atoms with E-state index in [0.29, 0.717) is 18.5 Å². The van der Waals surface area contributed by atoms with Crippen LogP contribution in [0.2, 0.25) is 0 Å². The highest BCUT2D eigenvalue weighted by Crippen LogP contribution is 2.29. The molecule has 0 aromatic heterocycles. The number of phenols is 3. The summed E-state index contributed by atoms with van der Waals surface area (Å²) >= 11 is 0. The molecule has 42 heavy (non-hydrogen) atoms. The summed E-state index contributed by atoms with van der Waals surface area (Å²) in [6, 6.07) is 24.6. The summed E-state index contributed by atoms with van der Waals surface area (Å²) in [5.74, 6) is 0.448. The van der Waals surface area contributed by atoms with Gasteiger partial charge in [0.25, 0.3) is 0 Å². The molecule has 0 heterocycles. The van der Waals surface area contributed by atoms with Crippen LogP contribution in [0.3, 0.4) is 0 Å².